The molecule has 2 aliphatic rings. The van der Waals surface area contributed by atoms with Crippen LogP contribution in [-0.2, 0) is 4.79 Å². The first-order valence-corrected chi connectivity index (χ1v) is 11.4. The fourth-order valence-corrected chi connectivity index (χ4v) is 4.16. The van der Waals surface area contributed by atoms with Crippen molar-refractivity contribution >= 4 is 11.9 Å². The lowest BCUT2D eigenvalue weighted by atomic mass is 10.1. The van der Waals surface area contributed by atoms with Crippen molar-refractivity contribution in [1.82, 2.24) is 20.4 Å². The molecule has 1 aliphatic carbocycles. The molecule has 1 saturated carbocycles. The van der Waals surface area contributed by atoms with Crippen molar-refractivity contribution in [2.75, 3.05) is 59.5 Å². The molecule has 2 N–H and O–H groups in total. The number of rotatable bonds is 9. The first-order chi connectivity index (χ1) is 14.8. The Morgan fingerprint density at radius 2 is 1.77 bits per heavy atom. The minimum atomic E-state index is 0.297. The Morgan fingerprint density at radius 1 is 1.07 bits per heavy atom. The van der Waals surface area contributed by atoms with E-state index in [1.807, 2.05) is 30.3 Å². The number of piperazine rings is 1. The van der Waals surface area contributed by atoms with Crippen LogP contribution < -0.4 is 15.4 Å². The molecule has 0 radical (unpaired) electrons. The van der Waals surface area contributed by atoms with Crippen LogP contribution in [0.2, 0.25) is 0 Å². The monoisotopic (exact) mass is 415 g/mol. The lowest BCUT2D eigenvalue weighted by Gasteiger charge is -2.36. The summed E-state index contributed by atoms with van der Waals surface area (Å²) in [5, 5.41) is 6.71. The summed E-state index contributed by atoms with van der Waals surface area (Å²) in [5.41, 5.74) is 0. The highest BCUT2D eigenvalue weighted by molar-refractivity contribution is 5.79. The van der Waals surface area contributed by atoms with Crippen LogP contribution in [0, 0.1) is 5.92 Å². The van der Waals surface area contributed by atoms with Crippen LogP contribution in [0.1, 0.15) is 32.1 Å². The second-order valence-corrected chi connectivity index (χ2v) is 8.09. The number of guanidine groups is 1. The largest absolute Gasteiger partial charge is 0.494 e. The minimum Gasteiger partial charge on any atom is -0.494 e. The summed E-state index contributed by atoms with van der Waals surface area (Å²) in [5.74, 6) is 2.42. The van der Waals surface area contributed by atoms with Crippen LogP contribution in [0.4, 0.5) is 0 Å². The van der Waals surface area contributed by atoms with Crippen molar-refractivity contribution in [1.29, 1.82) is 0 Å². The maximum absolute atomic E-state index is 12.5. The first kappa shape index (κ1) is 22.4. The molecular formula is C23H37N5O2. The molecule has 0 atom stereocenters. The van der Waals surface area contributed by atoms with Gasteiger partial charge in [-0.25, -0.2) is 0 Å². The van der Waals surface area contributed by atoms with Crippen LogP contribution >= 0.6 is 0 Å². The zero-order valence-electron chi connectivity index (χ0n) is 18.3. The van der Waals surface area contributed by atoms with E-state index in [4.69, 9.17) is 4.74 Å². The Kier molecular flexibility index (Phi) is 9.28. The molecule has 3 rings (SSSR count). The van der Waals surface area contributed by atoms with E-state index in [1.165, 1.54) is 12.8 Å². The third-order valence-corrected chi connectivity index (χ3v) is 5.96. The third kappa shape index (κ3) is 7.20. The second kappa shape index (κ2) is 12.4. The zero-order valence-corrected chi connectivity index (χ0v) is 18.3. The summed E-state index contributed by atoms with van der Waals surface area (Å²) in [7, 11) is 1.79. The predicted octanol–water partition coefficient (Wildman–Crippen LogP) is 1.95. The number of nitrogens with one attached hydrogen (secondary N) is 2. The maximum Gasteiger partial charge on any atom is 0.225 e. The van der Waals surface area contributed by atoms with Gasteiger partial charge in [-0.2, -0.15) is 0 Å². The lowest BCUT2D eigenvalue weighted by Crippen LogP contribution is -2.51. The van der Waals surface area contributed by atoms with Crippen LogP contribution in [0.5, 0.6) is 5.75 Å². The molecule has 1 heterocycles. The summed E-state index contributed by atoms with van der Waals surface area (Å²) in [4.78, 5) is 21.3. The summed E-state index contributed by atoms with van der Waals surface area (Å²) in [6.07, 6.45) is 5.53. The van der Waals surface area contributed by atoms with E-state index in [2.05, 4.69) is 25.4 Å². The smallest absolute Gasteiger partial charge is 0.225 e. The van der Waals surface area contributed by atoms with Gasteiger partial charge in [-0.1, -0.05) is 31.0 Å². The molecule has 166 valence electrons. The molecule has 1 amide bonds. The fourth-order valence-electron chi connectivity index (χ4n) is 4.16. The number of amides is 1. The van der Waals surface area contributed by atoms with Crippen molar-refractivity contribution in [3.8, 4) is 5.75 Å². The topological polar surface area (TPSA) is 69.2 Å². The van der Waals surface area contributed by atoms with Crippen molar-refractivity contribution in [2.45, 2.75) is 32.1 Å². The van der Waals surface area contributed by atoms with Crippen LogP contribution in [0.25, 0.3) is 0 Å². The van der Waals surface area contributed by atoms with Gasteiger partial charge < -0.3 is 20.3 Å². The number of carbonyl (C=O) groups is 1. The Hall–Kier alpha value is -2.28. The molecule has 1 aromatic carbocycles. The number of aliphatic imine (C=N–C) groups is 1. The van der Waals surface area contributed by atoms with Crippen LogP contribution in [0.15, 0.2) is 35.3 Å². The number of para-hydroxylation sites is 1. The van der Waals surface area contributed by atoms with Gasteiger partial charge in [0.1, 0.15) is 5.75 Å². The normalized spacial score (nSPS) is 18.4. The van der Waals surface area contributed by atoms with E-state index in [1.54, 1.807) is 7.05 Å². The van der Waals surface area contributed by atoms with E-state index >= 15 is 0 Å². The van der Waals surface area contributed by atoms with Gasteiger partial charge in [-0.3, -0.25) is 14.7 Å². The van der Waals surface area contributed by atoms with Gasteiger partial charge in [0, 0.05) is 58.8 Å². The highest BCUT2D eigenvalue weighted by Gasteiger charge is 2.29. The van der Waals surface area contributed by atoms with Crippen molar-refractivity contribution in [3.63, 3.8) is 0 Å². The summed E-state index contributed by atoms with van der Waals surface area (Å²) >= 11 is 0. The van der Waals surface area contributed by atoms with Gasteiger partial charge in [0.25, 0.3) is 0 Å². The van der Waals surface area contributed by atoms with E-state index in [0.29, 0.717) is 18.4 Å². The molecular weight excluding hydrogens is 378 g/mol. The number of benzene rings is 1. The molecule has 7 heteroatoms. The Morgan fingerprint density at radius 3 is 2.47 bits per heavy atom. The molecule has 1 aromatic rings. The molecule has 0 unspecified atom stereocenters. The SMILES string of the molecule is CN=C(NCCCOc1ccccc1)NCCN1CCN(C(=O)C2CCCC2)CC1. The molecule has 1 saturated heterocycles. The second-order valence-electron chi connectivity index (χ2n) is 8.09. The predicted molar refractivity (Wildman–Crippen MR) is 121 cm³/mol. The molecule has 2 fully saturated rings. The van der Waals surface area contributed by atoms with E-state index < -0.39 is 0 Å². The lowest BCUT2D eigenvalue weighted by molar-refractivity contribution is -0.137. The molecule has 0 bridgehead atoms. The Balaban J connectivity index is 1.23. The van der Waals surface area contributed by atoms with E-state index in [-0.39, 0.29) is 0 Å². The highest BCUT2D eigenvalue weighted by Crippen LogP contribution is 2.26. The van der Waals surface area contributed by atoms with Gasteiger partial charge in [0.15, 0.2) is 5.96 Å². The molecule has 0 spiro atoms. The van der Waals surface area contributed by atoms with Crippen molar-refractivity contribution < 1.29 is 9.53 Å². The van der Waals surface area contributed by atoms with Gasteiger partial charge in [0.2, 0.25) is 5.91 Å². The van der Waals surface area contributed by atoms with E-state index in [0.717, 1.165) is 76.8 Å². The van der Waals surface area contributed by atoms with Crippen LogP contribution in [0.3, 0.4) is 0 Å². The average molecular weight is 416 g/mol. The molecule has 0 aromatic heterocycles. The number of carbonyl (C=O) groups excluding carboxylic acids is 1. The number of ether oxygens (including phenoxy) is 1. The molecule has 30 heavy (non-hydrogen) atoms. The first-order valence-electron chi connectivity index (χ1n) is 11.4. The van der Waals surface area contributed by atoms with Crippen LogP contribution in [-0.4, -0.2) is 81.1 Å². The molecule has 1 aliphatic heterocycles. The standard InChI is InChI=1S/C23H37N5O2/c1-24-23(25-12-7-19-30-21-10-3-2-4-11-21)26-13-14-27-15-17-28(18-16-27)22(29)20-8-5-6-9-20/h2-4,10-11,20H,5-9,12-19H2,1H3,(H2,24,25,26). The quantitative estimate of drug-likeness (QED) is 0.367. The number of hydrogen-bond acceptors (Lipinski definition) is 4. The molecule has 7 nitrogen and oxygen atoms in total. The van der Waals surface area contributed by atoms with Crippen molar-refractivity contribution in [3.05, 3.63) is 30.3 Å². The highest BCUT2D eigenvalue weighted by atomic mass is 16.5. The van der Waals surface area contributed by atoms with Crippen molar-refractivity contribution in [2.24, 2.45) is 10.9 Å². The summed E-state index contributed by atoms with van der Waals surface area (Å²) in [6.45, 7) is 6.95. The van der Waals surface area contributed by atoms with Gasteiger partial charge in [-0.05, 0) is 31.4 Å². The minimum absolute atomic E-state index is 0.297. The van der Waals surface area contributed by atoms with Gasteiger partial charge >= 0.3 is 0 Å². The summed E-state index contributed by atoms with van der Waals surface area (Å²) in [6, 6.07) is 9.89. The van der Waals surface area contributed by atoms with Gasteiger partial charge in [-0.15, -0.1) is 0 Å². The maximum atomic E-state index is 12.5. The fraction of sp³-hybridized carbons (Fsp3) is 0.652. The number of hydrogen-bond donors (Lipinski definition) is 2. The zero-order chi connectivity index (χ0) is 21.0. The Labute approximate surface area is 180 Å². The summed E-state index contributed by atoms with van der Waals surface area (Å²) < 4.78 is 5.70. The van der Waals surface area contributed by atoms with Gasteiger partial charge in [0.05, 0.1) is 6.61 Å². The third-order valence-electron chi connectivity index (χ3n) is 5.96. The number of nitrogens with zero attached hydrogens (tertiary/aromatic N) is 3. The average Bonchev–Trinajstić information content (AvgIpc) is 3.33. The van der Waals surface area contributed by atoms with E-state index in [9.17, 15) is 4.79 Å². The Bertz CT molecular complexity index is 653.